The van der Waals surface area contributed by atoms with E-state index in [0.29, 0.717) is 0 Å². The summed E-state index contributed by atoms with van der Waals surface area (Å²) < 4.78 is 0. The monoisotopic (exact) mass is 171 g/mol. The van der Waals surface area contributed by atoms with Gasteiger partial charge in [0.2, 0.25) is 0 Å². The quantitative estimate of drug-likeness (QED) is 0.577. The molecule has 1 unspecified atom stereocenters. The summed E-state index contributed by atoms with van der Waals surface area (Å²) in [5, 5.41) is 0. The molecule has 1 saturated heterocycles. The van der Waals surface area contributed by atoms with Crippen LogP contribution in [-0.2, 0) is 0 Å². The van der Waals surface area contributed by atoms with Gasteiger partial charge in [0, 0.05) is 6.54 Å². The summed E-state index contributed by atoms with van der Waals surface area (Å²) in [6, 6.07) is 0. The van der Waals surface area contributed by atoms with E-state index in [9.17, 15) is 0 Å². The molecule has 1 atom stereocenters. The molecule has 1 heterocycles. The van der Waals surface area contributed by atoms with Gasteiger partial charge in [-0.2, -0.15) is 0 Å². The molecule has 74 valence electrons. The van der Waals surface area contributed by atoms with Crippen molar-refractivity contribution in [2.24, 2.45) is 5.92 Å². The molecule has 1 rings (SSSR count). The van der Waals surface area contributed by atoms with Gasteiger partial charge in [-0.1, -0.05) is 34.3 Å². The summed E-state index contributed by atoms with van der Waals surface area (Å²) in [6.45, 7) is 13.7. The van der Waals surface area contributed by atoms with Crippen molar-refractivity contribution in [3.8, 4) is 0 Å². The molecule has 1 heteroatoms. The van der Waals surface area contributed by atoms with E-state index in [4.69, 9.17) is 0 Å². The molecule has 0 bridgehead atoms. The summed E-state index contributed by atoms with van der Waals surface area (Å²) in [7, 11) is 0. The molecule has 0 saturated carbocycles. The Balaban J connectivity index is 0. The maximum absolute atomic E-state index is 3.78. The summed E-state index contributed by atoms with van der Waals surface area (Å²) in [5.74, 6) is 0.768. The van der Waals surface area contributed by atoms with E-state index in [2.05, 4.69) is 24.5 Å². The highest BCUT2D eigenvalue weighted by Crippen LogP contribution is 2.15. The van der Waals surface area contributed by atoms with Gasteiger partial charge in [0.25, 0.3) is 0 Å². The van der Waals surface area contributed by atoms with E-state index in [0.717, 1.165) is 5.92 Å². The SMILES string of the molecule is C.C=CC1CCN(CC)C1.CC. The van der Waals surface area contributed by atoms with Crippen LogP contribution in [0.4, 0.5) is 0 Å². The van der Waals surface area contributed by atoms with Crippen LogP contribution < -0.4 is 0 Å². The molecule has 1 aliphatic heterocycles. The highest BCUT2D eigenvalue weighted by atomic mass is 15.1. The zero-order valence-corrected chi connectivity index (χ0v) is 8.14. The summed E-state index contributed by atoms with van der Waals surface area (Å²) in [4.78, 5) is 2.46. The van der Waals surface area contributed by atoms with Crippen molar-refractivity contribution in [3.63, 3.8) is 0 Å². The van der Waals surface area contributed by atoms with Crippen LogP contribution in [0.15, 0.2) is 12.7 Å². The highest BCUT2D eigenvalue weighted by molar-refractivity contribution is 4.86. The van der Waals surface area contributed by atoms with Crippen molar-refractivity contribution in [1.29, 1.82) is 0 Å². The minimum Gasteiger partial charge on any atom is -0.303 e. The van der Waals surface area contributed by atoms with Crippen LogP contribution in [0.3, 0.4) is 0 Å². The minimum absolute atomic E-state index is 0. The van der Waals surface area contributed by atoms with Crippen molar-refractivity contribution < 1.29 is 0 Å². The zero-order chi connectivity index (χ0) is 8.69. The second-order valence-electron chi connectivity index (χ2n) is 2.68. The van der Waals surface area contributed by atoms with Crippen molar-refractivity contribution in [2.45, 2.75) is 34.6 Å². The molecule has 0 aromatic carbocycles. The summed E-state index contributed by atoms with van der Waals surface area (Å²) in [5.41, 5.74) is 0. The predicted octanol–water partition coefficient (Wildman–Crippen LogP) is 3.18. The van der Waals surface area contributed by atoms with E-state index in [1.165, 1.54) is 26.1 Å². The van der Waals surface area contributed by atoms with Crippen LogP contribution >= 0.6 is 0 Å². The Kier molecular flexibility index (Phi) is 10.4. The van der Waals surface area contributed by atoms with Gasteiger partial charge >= 0.3 is 0 Å². The number of hydrogen-bond acceptors (Lipinski definition) is 1. The standard InChI is InChI=1S/C8H15N.C2H6.CH4/c1-3-8-5-6-9(4-2)7-8;1-2;/h3,8H,1,4-7H2,2H3;1-2H3;1H4. The number of nitrogens with zero attached hydrogens (tertiary/aromatic N) is 1. The average molecular weight is 171 g/mol. The summed E-state index contributed by atoms with van der Waals surface area (Å²) in [6.07, 6.45) is 3.40. The molecule has 12 heavy (non-hydrogen) atoms. The van der Waals surface area contributed by atoms with E-state index in [-0.39, 0.29) is 7.43 Å². The Bertz CT molecular complexity index is 99.2. The van der Waals surface area contributed by atoms with Gasteiger partial charge < -0.3 is 4.90 Å². The van der Waals surface area contributed by atoms with Crippen LogP contribution in [-0.4, -0.2) is 24.5 Å². The largest absolute Gasteiger partial charge is 0.303 e. The summed E-state index contributed by atoms with van der Waals surface area (Å²) >= 11 is 0. The van der Waals surface area contributed by atoms with Gasteiger partial charge in [0.1, 0.15) is 0 Å². The van der Waals surface area contributed by atoms with Gasteiger partial charge in [-0.25, -0.2) is 0 Å². The van der Waals surface area contributed by atoms with E-state index in [1.807, 2.05) is 13.8 Å². The first kappa shape index (κ1) is 14.2. The van der Waals surface area contributed by atoms with Gasteiger partial charge in [0.15, 0.2) is 0 Å². The van der Waals surface area contributed by atoms with Crippen LogP contribution in [0.25, 0.3) is 0 Å². The lowest BCUT2D eigenvalue weighted by Gasteiger charge is -2.10. The zero-order valence-electron chi connectivity index (χ0n) is 8.14. The fraction of sp³-hybridized carbons (Fsp3) is 0.818. The first-order chi connectivity index (χ1) is 5.36. The van der Waals surface area contributed by atoms with Crippen LogP contribution in [0.2, 0.25) is 0 Å². The molecule has 1 fully saturated rings. The molecule has 0 aromatic heterocycles. The molecule has 0 spiro atoms. The normalized spacial score (nSPS) is 22.1. The molecular formula is C11H25N. The van der Waals surface area contributed by atoms with Crippen LogP contribution in [0, 0.1) is 5.92 Å². The molecule has 0 amide bonds. The number of rotatable bonds is 2. The average Bonchev–Trinajstić information content (AvgIpc) is 2.55. The van der Waals surface area contributed by atoms with Crippen molar-refractivity contribution in [2.75, 3.05) is 19.6 Å². The van der Waals surface area contributed by atoms with Gasteiger partial charge in [0.05, 0.1) is 0 Å². The molecular weight excluding hydrogens is 146 g/mol. The first-order valence-electron chi connectivity index (χ1n) is 4.71. The number of hydrogen-bond donors (Lipinski definition) is 0. The van der Waals surface area contributed by atoms with Crippen molar-refractivity contribution in [3.05, 3.63) is 12.7 Å². The Hall–Kier alpha value is -0.300. The second-order valence-corrected chi connectivity index (χ2v) is 2.68. The third-order valence-corrected chi connectivity index (χ3v) is 2.09. The van der Waals surface area contributed by atoms with Gasteiger partial charge in [-0.15, -0.1) is 6.58 Å². The minimum atomic E-state index is 0. The van der Waals surface area contributed by atoms with Crippen molar-refractivity contribution in [1.82, 2.24) is 4.90 Å². The van der Waals surface area contributed by atoms with E-state index >= 15 is 0 Å². The lowest BCUT2D eigenvalue weighted by Crippen LogP contribution is -2.19. The second kappa shape index (κ2) is 8.79. The third kappa shape index (κ3) is 4.55. The smallest absolute Gasteiger partial charge is 0.00446 e. The molecule has 1 nitrogen and oxygen atoms in total. The Morgan fingerprint density at radius 3 is 2.33 bits per heavy atom. The third-order valence-electron chi connectivity index (χ3n) is 2.09. The highest BCUT2D eigenvalue weighted by Gasteiger charge is 2.17. The lowest BCUT2D eigenvalue weighted by atomic mass is 10.1. The number of likely N-dealkylation sites (tertiary alicyclic amines) is 1. The topological polar surface area (TPSA) is 3.24 Å². The van der Waals surface area contributed by atoms with Crippen LogP contribution in [0.1, 0.15) is 34.6 Å². The van der Waals surface area contributed by atoms with E-state index < -0.39 is 0 Å². The van der Waals surface area contributed by atoms with Crippen LogP contribution in [0.5, 0.6) is 0 Å². The lowest BCUT2D eigenvalue weighted by molar-refractivity contribution is 0.351. The fourth-order valence-electron chi connectivity index (χ4n) is 1.34. The molecule has 1 aliphatic rings. The maximum atomic E-state index is 3.78. The molecule has 0 aromatic rings. The van der Waals surface area contributed by atoms with E-state index in [1.54, 1.807) is 0 Å². The fourth-order valence-corrected chi connectivity index (χ4v) is 1.34. The van der Waals surface area contributed by atoms with Crippen molar-refractivity contribution >= 4 is 0 Å². The maximum Gasteiger partial charge on any atom is 0.00446 e. The Morgan fingerprint density at radius 1 is 1.50 bits per heavy atom. The van der Waals surface area contributed by atoms with Gasteiger partial charge in [-0.05, 0) is 25.4 Å². The predicted molar refractivity (Wildman–Crippen MR) is 58.5 cm³/mol. The molecule has 0 aliphatic carbocycles. The Morgan fingerprint density at radius 2 is 2.08 bits per heavy atom. The molecule has 0 N–H and O–H groups in total. The van der Waals surface area contributed by atoms with Gasteiger partial charge in [-0.3, -0.25) is 0 Å². The first-order valence-corrected chi connectivity index (χ1v) is 4.71. The molecule has 0 radical (unpaired) electrons. The Labute approximate surface area is 78.5 Å².